The average molecular weight is 248 g/mol. The van der Waals surface area contributed by atoms with Crippen LogP contribution in [0.3, 0.4) is 0 Å². The van der Waals surface area contributed by atoms with Crippen LogP contribution >= 0.6 is 0 Å². The minimum atomic E-state index is 0.198. The number of hydrogen-bond donors (Lipinski definition) is 2. The lowest BCUT2D eigenvalue weighted by molar-refractivity contribution is -0.0864. The molecule has 2 N–H and O–H groups in total. The van der Waals surface area contributed by atoms with E-state index in [-0.39, 0.29) is 6.10 Å². The zero-order valence-corrected chi connectivity index (χ0v) is 10.6. The quantitative estimate of drug-likeness (QED) is 0.839. The summed E-state index contributed by atoms with van der Waals surface area (Å²) in [6.07, 6.45) is 1.34. The molecule has 0 amide bonds. The molecule has 1 atom stereocenters. The van der Waals surface area contributed by atoms with Gasteiger partial charge in [-0.1, -0.05) is 18.2 Å². The fraction of sp³-hybridized carbons (Fsp3) is 0.571. The molecule has 0 aromatic heterocycles. The summed E-state index contributed by atoms with van der Waals surface area (Å²) in [6, 6.07) is 6.53. The minimum Gasteiger partial charge on any atom is -0.384 e. The number of fused-ring (bicyclic) bond motifs is 1. The molecule has 1 aromatic carbocycles. The maximum Gasteiger partial charge on any atom is 0.0933 e. The van der Waals surface area contributed by atoms with Crippen molar-refractivity contribution in [2.24, 2.45) is 0 Å². The van der Waals surface area contributed by atoms with Crippen molar-refractivity contribution in [3.05, 3.63) is 29.3 Å². The van der Waals surface area contributed by atoms with E-state index in [1.807, 2.05) is 0 Å². The standard InChI is InChI=1S/C14H20N2O2/c1-2-11-4-5-16-14(11)12(3-1)8-15-9-13-10-17-6-7-18-13/h1-3,13,15-16H,4-10H2. The maximum atomic E-state index is 5.61. The van der Waals surface area contributed by atoms with E-state index in [0.29, 0.717) is 13.2 Å². The Kier molecular flexibility index (Phi) is 3.78. The van der Waals surface area contributed by atoms with Crippen molar-refractivity contribution in [3.63, 3.8) is 0 Å². The Morgan fingerprint density at radius 1 is 1.33 bits per heavy atom. The van der Waals surface area contributed by atoms with Crippen LogP contribution in [0, 0.1) is 0 Å². The molecule has 0 aliphatic carbocycles. The highest BCUT2D eigenvalue weighted by Gasteiger charge is 2.15. The second-order valence-corrected chi connectivity index (χ2v) is 4.83. The van der Waals surface area contributed by atoms with Crippen molar-refractivity contribution in [3.8, 4) is 0 Å². The molecule has 0 saturated carbocycles. The van der Waals surface area contributed by atoms with Crippen molar-refractivity contribution < 1.29 is 9.47 Å². The number of hydrogen-bond acceptors (Lipinski definition) is 4. The van der Waals surface area contributed by atoms with Gasteiger partial charge in [-0.2, -0.15) is 0 Å². The Hall–Kier alpha value is -1.10. The number of benzene rings is 1. The molecule has 1 saturated heterocycles. The van der Waals surface area contributed by atoms with E-state index in [1.54, 1.807) is 0 Å². The van der Waals surface area contributed by atoms with Crippen LogP contribution < -0.4 is 10.6 Å². The molecule has 2 heterocycles. The number of rotatable bonds is 4. The largest absolute Gasteiger partial charge is 0.384 e. The molecule has 0 spiro atoms. The first-order chi connectivity index (χ1) is 8.93. The first-order valence-electron chi connectivity index (χ1n) is 6.68. The molecule has 18 heavy (non-hydrogen) atoms. The van der Waals surface area contributed by atoms with Crippen LogP contribution in [0.15, 0.2) is 18.2 Å². The third-order valence-corrected chi connectivity index (χ3v) is 3.51. The lowest BCUT2D eigenvalue weighted by Gasteiger charge is -2.23. The van der Waals surface area contributed by atoms with Gasteiger partial charge in [0.25, 0.3) is 0 Å². The molecular formula is C14H20N2O2. The van der Waals surface area contributed by atoms with E-state index < -0.39 is 0 Å². The molecule has 2 aliphatic rings. The fourth-order valence-electron chi connectivity index (χ4n) is 2.58. The molecule has 4 heteroatoms. The summed E-state index contributed by atoms with van der Waals surface area (Å²) in [6.45, 7) is 4.95. The van der Waals surface area contributed by atoms with Crippen molar-refractivity contribution in [2.75, 3.05) is 38.2 Å². The zero-order chi connectivity index (χ0) is 12.2. The predicted octanol–water partition coefficient (Wildman–Crippen LogP) is 1.16. The molecule has 0 radical (unpaired) electrons. The summed E-state index contributed by atoms with van der Waals surface area (Å²) in [5.41, 5.74) is 4.11. The molecule has 1 fully saturated rings. The summed E-state index contributed by atoms with van der Waals surface area (Å²) in [4.78, 5) is 0. The molecule has 1 aromatic rings. The van der Waals surface area contributed by atoms with E-state index >= 15 is 0 Å². The Labute approximate surface area is 108 Å². The predicted molar refractivity (Wildman–Crippen MR) is 70.9 cm³/mol. The van der Waals surface area contributed by atoms with Gasteiger partial charge in [-0.3, -0.25) is 0 Å². The topological polar surface area (TPSA) is 42.5 Å². The van der Waals surface area contributed by atoms with E-state index in [1.165, 1.54) is 16.8 Å². The van der Waals surface area contributed by atoms with Gasteiger partial charge in [0.15, 0.2) is 0 Å². The van der Waals surface area contributed by atoms with Crippen molar-refractivity contribution in [1.29, 1.82) is 0 Å². The van der Waals surface area contributed by atoms with Gasteiger partial charge in [0.1, 0.15) is 0 Å². The van der Waals surface area contributed by atoms with Crippen LogP contribution in [0.25, 0.3) is 0 Å². The second-order valence-electron chi connectivity index (χ2n) is 4.83. The van der Waals surface area contributed by atoms with Gasteiger partial charge in [0.05, 0.1) is 25.9 Å². The second kappa shape index (κ2) is 5.69. The zero-order valence-electron chi connectivity index (χ0n) is 10.6. The summed E-state index contributed by atoms with van der Waals surface area (Å²) < 4.78 is 11.0. The summed E-state index contributed by atoms with van der Waals surface area (Å²) >= 11 is 0. The monoisotopic (exact) mass is 248 g/mol. The Bertz CT molecular complexity index is 403. The van der Waals surface area contributed by atoms with Crippen LogP contribution in [0.4, 0.5) is 5.69 Å². The highest BCUT2D eigenvalue weighted by Crippen LogP contribution is 2.26. The van der Waals surface area contributed by atoms with Crippen LogP contribution in [0.1, 0.15) is 11.1 Å². The van der Waals surface area contributed by atoms with Gasteiger partial charge in [-0.25, -0.2) is 0 Å². The van der Waals surface area contributed by atoms with Crippen molar-refractivity contribution in [2.45, 2.75) is 19.1 Å². The van der Waals surface area contributed by atoms with Crippen LogP contribution in [0.5, 0.6) is 0 Å². The SMILES string of the molecule is c1cc2c(c(CNCC3COCCO3)c1)NCC2. The van der Waals surface area contributed by atoms with Crippen LogP contribution in [-0.2, 0) is 22.4 Å². The first kappa shape index (κ1) is 12.0. The Morgan fingerprint density at radius 2 is 2.33 bits per heavy atom. The molecule has 1 unspecified atom stereocenters. The van der Waals surface area contributed by atoms with Crippen LogP contribution in [-0.4, -0.2) is 39.0 Å². The lowest BCUT2D eigenvalue weighted by atomic mass is 10.1. The van der Waals surface area contributed by atoms with Gasteiger partial charge < -0.3 is 20.1 Å². The highest BCUT2D eigenvalue weighted by atomic mass is 16.6. The third-order valence-electron chi connectivity index (χ3n) is 3.51. The Balaban J connectivity index is 1.52. The molecule has 0 bridgehead atoms. The fourth-order valence-corrected chi connectivity index (χ4v) is 2.58. The highest BCUT2D eigenvalue weighted by molar-refractivity contribution is 5.61. The van der Waals surface area contributed by atoms with Gasteiger partial charge in [-0.05, 0) is 17.5 Å². The van der Waals surface area contributed by atoms with Crippen molar-refractivity contribution in [1.82, 2.24) is 5.32 Å². The first-order valence-corrected chi connectivity index (χ1v) is 6.68. The summed E-state index contributed by atoms with van der Waals surface area (Å²) in [7, 11) is 0. The summed E-state index contributed by atoms with van der Waals surface area (Å²) in [5.74, 6) is 0. The normalized spacial score (nSPS) is 22.6. The third kappa shape index (κ3) is 2.66. The number of para-hydroxylation sites is 1. The van der Waals surface area contributed by atoms with E-state index in [9.17, 15) is 0 Å². The van der Waals surface area contributed by atoms with E-state index in [0.717, 1.165) is 32.7 Å². The maximum absolute atomic E-state index is 5.61. The van der Waals surface area contributed by atoms with Gasteiger partial charge in [0, 0.05) is 25.3 Å². The van der Waals surface area contributed by atoms with Gasteiger partial charge in [0.2, 0.25) is 0 Å². The van der Waals surface area contributed by atoms with Gasteiger partial charge >= 0.3 is 0 Å². The number of ether oxygens (including phenoxy) is 2. The number of nitrogens with one attached hydrogen (secondary N) is 2. The smallest absolute Gasteiger partial charge is 0.0933 e. The van der Waals surface area contributed by atoms with E-state index in [2.05, 4.69) is 28.8 Å². The molecule has 98 valence electrons. The molecular weight excluding hydrogens is 228 g/mol. The summed E-state index contributed by atoms with van der Waals surface area (Å²) in [5, 5.41) is 6.92. The Morgan fingerprint density at radius 3 is 3.22 bits per heavy atom. The lowest BCUT2D eigenvalue weighted by Crippen LogP contribution is -2.37. The van der Waals surface area contributed by atoms with Crippen molar-refractivity contribution >= 4 is 5.69 Å². The number of anilines is 1. The van der Waals surface area contributed by atoms with Crippen LogP contribution in [0.2, 0.25) is 0 Å². The van der Waals surface area contributed by atoms with E-state index in [4.69, 9.17) is 9.47 Å². The minimum absolute atomic E-state index is 0.198. The molecule has 3 rings (SSSR count). The molecule has 4 nitrogen and oxygen atoms in total. The van der Waals surface area contributed by atoms with Gasteiger partial charge in [-0.15, -0.1) is 0 Å². The molecule has 2 aliphatic heterocycles. The average Bonchev–Trinajstić information content (AvgIpc) is 2.89.